The van der Waals surface area contributed by atoms with Gasteiger partial charge >= 0.3 is 0 Å². The topological polar surface area (TPSA) is 53.0 Å². The maximum atomic E-state index is 15.3. The van der Waals surface area contributed by atoms with Crippen molar-refractivity contribution in [3.05, 3.63) is 59.4 Å². The van der Waals surface area contributed by atoms with Crippen molar-refractivity contribution in [3.63, 3.8) is 0 Å². The average Bonchev–Trinajstić information content (AvgIpc) is 2.88. The van der Waals surface area contributed by atoms with Crippen molar-refractivity contribution < 1.29 is 19.0 Å². The molecule has 2 aromatic carbocycles. The summed E-state index contributed by atoms with van der Waals surface area (Å²) in [6.45, 7) is 6.13. The van der Waals surface area contributed by atoms with Gasteiger partial charge in [-0.15, -0.1) is 0 Å². The lowest BCUT2D eigenvalue weighted by molar-refractivity contribution is -0.129. The number of hydrogen-bond donors (Lipinski definition) is 1. The smallest absolute Gasteiger partial charge is 0.246 e. The Bertz CT molecular complexity index is 929. The third-order valence-electron chi connectivity index (χ3n) is 5.32. The fraction of sp³-hybridized carbons (Fsp3) is 0.286. The predicted octanol–water partition coefficient (Wildman–Crippen LogP) is 3.44. The number of phenolic OH excluding ortho intramolecular Hbond substituents is 1. The minimum absolute atomic E-state index is 0.0263. The summed E-state index contributed by atoms with van der Waals surface area (Å²) in [5.41, 5.74) is 1.18. The molecule has 7 heteroatoms. The summed E-state index contributed by atoms with van der Waals surface area (Å²) >= 11 is 6.19. The van der Waals surface area contributed by atoms with Gasteiger partial charge < -0.3 is 14.7 Å². The number of ether oxygens (including phenoxy) is 1. The molecular formula is C21H20ClFN2O3. The van der Waals surface area contributed by atoms with E-state index >= 15 is 4.39 Å². The van der Waals surface area contributed by atoms with Gasteiger partial charge in [-0.3, -0.25) is 9.69 Å². The first-order valence-corrected chi connectivity index (χ1v) is 9.44. The van der Waals surface area contributed by atoms with Crippen molar-refractivity contribution in [1.82, 2.24) is 9.80 Å². The third-order valence-corrected chi connectivity index (χ3v) is 5.64. The van der Waals surface area contributed by atoms with Crippen molar-refractivity contribution in [1.29, 1.82) is 0 Å². The molecule has 1 N–H and O–H groups in total. The Morgan fingerprint density at radius 2 is 2.14 bits per heavy atom. The Morgan fingerprint density at radius 3 is 2.89 bits per heavy atom. The minimum atomic E-state index is -0.542. The molecule has 4 rings (SSSR count). The summed E-state index contributed by atoms with van der Waals surface area (Å²) in [4.78, 5) is 15.8. The largest absolute Gasteiger partial charge is 0.507 e. The van der Waals surface area contributed by atoms with E-state index in [1.54, 1.807) is 29.2 Å². The second-order valence-electron chi connectivity index (χ2n) is 6.97. The van der Waals surface area contributed by atoms with Crippen LogP contribution in [0.2, 0.25) is 5.02 Å². The van der Waals surface area contributed by atoms with Crippen LogP contribution in [0.3, 0.4) is 0 Å². The first kappa shape index (κ1) is 18.8. The van der Waals surface area contributed by atoms with Gasteiger partial charge in [0.2, 0.25) is 5.91 Å². The number of carbonyl (C=O) groups is 1. The fourth-order valence-electron chi connectivity index (χ4n) is 3.84. The molecule has 2 aliphatic heterocycles. The zero-order valence-electron chi connectivity index (χ0n) is 15.2. The van der Waals surface area contributed by atoms with E-state index in [-0.39, 0.29) is 46.2 Å². The van der Waals surface area contributed by atoms with Crippen LogP contribution in [0.4, 0.5) is 4.39 Å². The molecule has 0 aromatic heterocycles. The molecule has 0 unspecified atom stereocenters. The molecule has 0 bridgehead atoms. The Morgan fingerprint density at radius 1 is 1.32 bits per heavy atom. The molecule has 28 heavy (non-hydrogen) atoms. The molecule has 1 amide bonds. The van der Waals surface area contributed by atoms with E-state index in [1.807, 2.05) is 0 Å². The molecule has 2 aliphatic rings. The number of hydrogen-bond acceptors (Lipinski definition) is 4. The Balaban J connectivity index is 1.66. The van der Waals surface area contributed by atoms with E-state index in [2.05, 4.69) is 11.5 Å². The molecule has 1 fully saturated rings. The highest BCUT2D eigenvalue weighted by Gasteiger charge is 2.33. The van der Waals surface area contributed by atoms with Gasteiger partial charge in [-0.05, 0) is 18.2 Å². The van der Waals surface area contributed by atoms with Crippen LogP contribution in [0, 0.1) is 5.82 Å². The molecule has 2 aromatic rings. The lowest BCUT2D eigenvalue weighted by Gasteiger charge is -2.39. The van der Waals surface area contributed by atoms with Gasteiger partial charge in [0, 0.05) is 42.9 Å². The molecule has 2 heterocycles. The van der Waals surface area contributed by atoms with Crippen LogP contribution in [0.5, 0.6) is 11.5 Å². The van der Waals surface area contributed by atoms with Gasteiger partial charge in [-0.25, -0.2) is 4.39 Å². The van der Waals surface area contributed by atoms with Crippen molar-refractivity contribution >= 4 is 17.5 Å². The highest BCUT2D eigenvalue weighted by Crippen LogP contribution is 2.41. The van der Waals surface area contributed by atoms with Crippen molar-refractivity contribution in [2.75, 3.05) is 26.2 Å². The molecule has 0 saturated carbocycles. The zero-order valence-corrected chi connectivity index (χ0v) is 16.0. The SMILES string of the molecule is C=CC(=O)N1CCN2Cc3ccc(-c4c(O)cccc4Cl)c(F)c3OC[C@H]2C1. The fourth-order valence-corrected chi connectivity index (χ4v) is 4.11. The highest BCUT2D eigenvalue weighted by atomic mass is 35.5. The van der Waals surface area contributed by atoms with Crippen LogP contribution < -0.4 is 4.74 Å². The maximum absolute atomic E-state index is 15.3. The number of fused-ring (bicyclic) bond motifs is 2. The first-order chi connectivity index (χ1) is 13.5. The number of halogens is 2. The summed E-state index contributed by atoms with van der Waals surface area (Å²) in [6.07, 6.45) is 1.31. The predicted molar refractivity (Wildman–Crippen MR) is 105 cm³/mol. The minimum Gasteiger partial charge on any atom is -0.507 e. The molecule has 5 nitrogen and oxygen atoms in total. The maximum Gasteiger partial charge on any atom is 0.246 e. The molecule has 0 aliphatic carbocycles. The van der Waals surface area contributed by atoms with Crippen molar-refractivity contribution in [3.8, 4) is 22.6 Å². The standard InChI is InChI=1S/C21H20ClFN2O3/c1-2-18(27)25-9-8-24-10-13-6-7-15(19-16(22)4-3-5-17(19)26)20(23)21(13)28-12-14(24)11-25/h2-7,14,26H,1,8-12H2/t14-/m1/s1. The van der Waals surface area contributed by atoms with E-state index < -0.39 is 5.82 Å². The molecular weight excluding hydrogens is 383 g/mol. The monoisotopic (exact) mass is 402 g/mol. The summed E-state index contributed by atoms with van der Waals surface area (Å²) < 4.78 is 21.2. The number of benzene rings is 2. The first-order valence-electron chi connectivity index (χ1n) is 9.07. The molecule has 1 saturated heterocycles. The Hall–Kier alpha value is -2.57. The van der Waals surface area contributed by atoms with Crippen LogP contribution in [0.25, 0.3) is 11.1 Å². The number of aromatic hydroxyl groups is 1. The number of amides is 1. The van der Waals surface area contributed by atoms with Crippen LogP contribution >= 0.6 is 11.6 Å². The highest BCUT2D eigenvalue weighted by molar-refractivity contribution is 6.33. The number of nitrogens with zero attached hydrogens (tertiary/aromatic N) is 2. The third kappa shape index (κ3) is 3.23. The van der Waals surface area contributed by atoms with Crippen LogP contribution in [-0.4, -0.2) is 53.1 Å². The molecule has 0 radical (unpaired) electrons. The molecule has 1 atom stereocenters. The zero-order chi connectivity index (χ0) is 19.8. The normalized spacial score (nSPS) is 19.2. The molecule has 146 valence electrons. The Kier molecular flexibility index (Phi) is 5.00. The number of piperazine rings is 1. The molecule has 0 spiro atoms. The number of phenols is 1. The van der Waals surface area contributed by atoms with E-state index in [0.717, 1.165) is 5.56 Å². The van der Waals surface area contributed by atoms with Crippen LogP contribution in [0.1, 0.15) is 5.56 Å². The van der Waals surface area contributed by atoms with E-state index in [9.17, 15) is 9.90 Å². The summed E-state index contributed by atoms with van der Waals surface area (Å²) in [6, 6.07) is 8.08. The van der Waals surface area contributed by atoms with Gasteiger partial charge in [-0.1, -0.05) is 36.4 Å². The lowest BCUT2D eigenvalue weighted by Crippen LogP contribution is -2.55. The quantitative estimate of drug-likeness (QED) is 0.782. The Labute approximate surface area is 167 Å². The summed E-state index contributed by atoms with van der Waals surface area (Å²) in [5.74, 6) is -0.562. The van der Waals surface area contributed by atoms with Gasteiger partial charge in [0.05, 0.1) is 11.1 Å². The van der Waals surface area contributed by atoms with Crippen molar-refractivity contribution in [2.45, 2.75) is 12.6 Å². The lowest BCUT2D eigenvalue weighted by atomic mass is 10.0. The second-order valence-corrected chi connectivity index (χ2v) is 7.38. The van der Waals surface area contributed by atoms with Crippen LogP contribution in [-0.2, 0) is 11.3 Å². The van der Waals surface area contributed by atoms with Crippen LogP contribution in [0.15, 0.2) is 43.0 Å². The average molecular weight is 403 g/mol. The van der Waals surface area contributed by atoms with E-state index in [4.69, 9.17) is 16.3 Å². The second kappa shape index (κ2) is 7.45. The summed E-state index contributed by atoms with van der Waals surface area (Å²) in [5, 5.41) is 10.4. The van der Waals surface area contributed by atoms with Gasteiger partial charge in [0.15, 0.2) is 11.6 Å². The van der Waals surface area contributed by atoms with Gasteiger partial charge in [0.1, 0.15) is 12.4 Å². The van der Waals surface area contributed by atoms with Gasteiger partial charge in [-0.2, -0.15) is 0 Å². The number of rotatable bonds is 2. The van der Waals surface area contributed by atoms with E-state index in [0.29, 0.717) is 26.2 Å². The van der Waals surface area contributed by atoms with Gasteiger partial charge in [0.25, 0.3) is 0 Å². The number of carbonyl (C=O) groups excluding carboxylic acids is 1. The summed E-state index contributed by atoms with van der Waals surface area (Å²) in [7, 11) is 0. The van der Waals surface area contributed by atoms with E-state index in [1.165, 1.54) is 12.1 Å². The van der Waals surface area contributed by atoms with Crippen molar-refractivity contribution in [2.24, 2.45) is 0 Å².